The molecule has 0 spiro atoms. The zero-order valence-electron chi connectivity index (χ0n) is 13.5. The van der Waals surface area contributed by atoms with Crippen LogP contribution >= 0.6 is 0 Å². The first-order chi connectivity index (χ1) is 10.2. The standard InChI is InChI=1S/C16H27NO4/c1-13-11-15(19-3)16(20-4)12-14(13)5-8-21-10-7-17-6-9-18-2/h11-12,17H,5-10H2,1-4H3. The highest BCUT2D eigenvalue weighted by atomic mass is 16.5. The van der Waals surface area contributed by atoms with Gasteiger partial charge in [0.15, 0.2) is 11.5 Å². The molecule has 0 saturated heterocycles. The van der Waals surface area contributed by atoms with Gasteiger partial charge in [0.1, 0.15) is 0 Å². The molecule has 0 fully saturated rings. The lowest BCUT2D eigenvalue weighted by atomic mass is 10.1. The number of methoxy groups -OCH3 is 3. The molecule has 1 N–H and O–H groups in total. The van der Waals surface area contributed by atoms with Crippen LogP contribution in [0.15, 0.2) is 12.1 Å². The average molecular weight is 297 g/mol. The molecule has 0 heterocycles. The minimum atomic E-state index is 0.697. The van der Waals surface area contributed by atoms with Crippen LogP contribution in [0.1, 0.15) is 11.1 Å². The van der Waals surface area contributed by atoms with Gasteiger partial charge in [0.2, 0.25) is 0 Å². The van der Waals surface area contributed by atoms with Crippen molar-refractivity contribution in [2.75, 3.05) is 54.2 Å². The molecule has 21 heavy (non-hydrogen) atoms. The van der Waals surface area contributed by atoms with Gasteiger partial charge in [-0.3, -0.25) is 0 Å². The lowest BCUT2D eigenvalue weighted by Crippen LogP contribution is -2.23. The van der Waals surface area contributed by atoms with E-state index in [1.807, 2.05) is 12.1 Å². The zero-order valence-corrected chi connectivity index (χ0v) is 13.5. The quantitative estimate of drug-likeness (QED) is 0.631. The number of ether oxygens (including phenoxy) is 4. The van der Waals surface area contributed by atoms with Crippen LogP contribution in [0.4, 0.5) is 0 Å². The fraction of sp³-hybridized carbons (Fsp3) is 0.625. The van der Waals surface area contributed by atoms with Gasteiger partial charge < -0.3 is 24.3 Å². The first-order valence-corrected chi connectivity index (χ1v) is 7.21. The summed E-state index contributed by atoms with van der Waals surface area (Å²) in [4.78, 5) is 0. The number of hydrogen-bond acceptors (Lipinski definition) is 5. The number of hydrogen-bond donors (Lipinski definition) is 1. The molecule has 0 radical (unpaired) electrons. The second kappa shape index (κ2) is 10.4. The Balaban J connectivity index is 2.32. The summed E-state index contributed by atoms with van der Waals surface area (Å²) in [5, 5.41) is 3.24. The van der Waals surface area contributed by atoms with Crippen molar-refractivity contribution >= 4 is 0 Å². The second-order valence-corrected chi connectivity index (χ2v) is 4.74. The van der Waals surface area contributed by atoms with Crippen molar-refractivity contribution < 1.29 is 18.9 Å². The number of rotatable bonds is 11. The van der Waals surface area contributed by atoms with Crippen molar-refractivity contribution in [3.05, 3.63) is 23.3 Å². The lowest BCUT2D eigenvalue weighted by Gasteiger charge is -2.13. The Bertz CT molecular complexity index is 410. The first kappa shape index (κ1) is 17.8. The van der Waals surface area contributed by atoms with Gasteiger partial charge in [-0.1, -0.05) is 0 Å². The highest BCUT2D eigenvalue weighted by molar-refractivity contribution is 5.47. The number of aryl methyl sites for hydroxylation is 1. The molecule has 5 nitrogen and oxygen atoms in total. The van der Waals surface area contributed by atoms with Crippen LogP contribution in [0.25, 0.3) is 0 Å². The van der Waals surface area contributed by atoms with Crippen LogP contribution < -0.4 is 14.8 Å². The van der Waals surface area contributed by atoms with Crippen molar-refractivity contribution in [3.8, 4) is 11.5 Å². The third-order valence-electron chi connectivity index (χ3n) is 3.26. The summed E-state index contributed by atoms with van der Waals surface area (Å²) in [7, 11) is 5.00. The van der Waals surface area contributed by atoms with E-state index in [0.29, 0.717) is 13.2 Å². The van der Waals surface area contributed by atoms with E-state index in [0.717, 1.165) is 37.6 Å². The van der Waals surface area contributed by atoms with Crippen LogP contribution in [-0.2, 0) is 15.9 Å². The van der Waals surface area contributed by atoms with Gasteiger partial charge >= 0.3 is 0 Å². The SMILES string of the molecule is COCCNCCOCCc1cc(OC)c(OC)cc1C. The molecule has 0 atom stereocenters. The van der Waals surface area contributed by atoms with Crippen molar-refractivity contribution in [2.45, 2.75) is 13.3 Å². The molecule has 1 rings (SSSR count). The maximum atomic E-state index is 5.63. The van der Waals surface area contributed by atoms with E-state index in [4.69, 9.17) is 18.9 Å². The predicted molar refractivity (Wildman–Crippen MR) is 83.6 cm³/mol. The van der Waals surface area contributed by atoms with Gasteiger partial charge in [-0.15, -0.1) is 0 Å². The highest BCUT2D eigenvalue weighted by Gasteiger charge is 2.08. The molecule has 0 saturated carbocycles. The third-order valence-corrected chi connectivity index (χ3v) is 3.26. The van der Waals surface area contributed by atoms with Gasteiger partial charge in [-0.2, -0.15) is 0 Å². The Morgan fingerprint density at radius 1 is 0.905 bits per heavy atom. The summed E-state index contributed by atoms with van der Waals surface area (Å²) in [5.74, 6) is 1.53. The summed E-state index contributed by atoms with van der Waals surface area (Å²) >= 11 is 0. The summed E-state index contributed by atoms with van der Waals surface area (Å²) in [5.41, 5.74) is 2.41. The minimum Gasteiger partial charge on any atom is -0.493 e. The Labute approximate surface area is 127 Å². The molecule has 0 aliphatic carbocycles. The van der Waals surface area contributed by atoms with E-state index >= 15 is 0 Å². The molecule has 0 aliphatic rings. The molecule has 0 amide bonds. The van der Waals surface area contributed by atoms with Crippen LogP contribution in [0.3, 0.4) is 0 Å². The van der Waals surface area contributed by atoms with Crippen LogP contribution in [0.2, 0.25) is 0 Å². The van der Waals surface area contributed by atoms with Gasteiger partial charge in [0, 0.05) is 20.2 Å². The van der Waals surface area contributed by atoms with Gasteiger partial charge in [-0.25, -0.2) is 0 Å². The predicted octanol–water partition coefficient (Wildman–Crippen LogP) is 1.81. The maximum Gasteiger partial charge on any atom is 0.161 e. The summed E-state index contributed by atoms with van der Waals surface area (Å²) in [6, 6.07) is 4.02. The molecular weight excluding hydrogens is 270 g/mol. The van der Waals surface area contributed by atoms with E-state index in [2.05, 4.69) is 12.2 Å². The van der Waals surface area contributed by atoms with E-state index < -0.39 is 0 Å². The van der Waals surface area contributed by atoms with Crippen LogP contribution in [-0.4, -0.2) is 54.2 Å². The first-order valence-electron chi connectivity index (χ1n) is 7.21. The third kappa shape index (κ3) is 6.33. The minimum absolute atomic E-state index is 0.697. The summed E-state index contributed by atoms with van der Waals surface area (Å²) in [6.07, 6.45) is 0.865. The van der Waals surface area contributed by atoms with Crippen molar-refractivity contribution in [3.63, 3.8) is 0 Å². The maximum absolute atomic E-state index is 5.63. The Hall–Kier alpha value is -1.30. The topological polar surface area (TPSA) is 49.0 Å². The fourth-order valence-electron chi connectivity index (χ4n) is 2.02. The molecule has 0 aromatic heterocycles. The van der Waals surface area contributed by atoms with E-state index in [9.17, 15) is 0 Å². The van der Waals surface area contributed by atoms with Crippen molar-refractivity contribution in [1.82, 2.24) is 5.32 Å². The largest absolute Gasteiger partial charge is 0.493 e. The fourth-order valence-corrected chi connectivity index (χ4v) is 2.02. The van der Waals surface area contributed by atoms with Crippen LogP contribution in [0, 0.1) is 6.92 Å². The van der Waals surface area contributed by atoms with E-state index in [1.165, 1.54) is 11.1 Å². The lowest BCUT2D eigenvalue weighted by molar-refractivity contribution is 0.135. The molecule has 1 aromatic rings. The average Bonchev–Trinajstić information content (AvgIpc) is 2.50. The molecule has 5 heteroatoms. The van der Waals surface area contributed by atoms with Gasteiger partial charge in [0.05, 0.1) is 34.0 Å². The normalized spacial score (nSPS) is 10.7. The molecule has 0 bridgehead atoms. The molecule has 1 aromatic carbocycles. The molecule has 0 unspecified atom stereocenters. The molecular formula is C16H27NO4. The zero-order chi connectivity index (χ0) is 15.5. The van der Waals surface area contributed by atoms with Crippen molar-refractivity contribution in [2.24, 2.45) is 0 Å². The van der Waals surface area contributed by atoms with E-state index in [1.54, 1.807) is 21.3 Å². The monoisotopic (exact) mass is 297 g/mol. The summed E-state index contributed by atoms with van der Waals surface area (Å²) in [6.45, 7) is 5.90. The Morgan fingerprint density at radius 2 is 1.57 bits per heavy atom. The van der Waals surface area contributed by atoms with Crippen molar-refractivity contribution in [1.29, 1.82) is 0 Å². The van der Waals surface area contributed by atoms with Gasteiger partial charge in [-0.05, 0) is 36.6 Å². The van der Waals surface area contributed by atoms with Crippen LogP contribution in [0.5, 0.6) is 11.5 Å². The summed E-state index contributed by atoms with van der Waals surface area (Å²) < 4.78 is 21.2. The number of nitrogens with one attached hydrogen (secondary N) is 1. The Kier molecular flexibility index (Phi) is 8.82. The second-order valence-electron chi connectivity index (χ2n) is 4.74. The molecule has 0 aliphatic heterocycles. The number of benzene rings is 1. The van der Waals surface area contributed by atoms with E-state index in [-0.39, 0.29) is 0 Å². The highest BCUT2D eigenvalue weighted by Crippen LogP contribution is 2.30. The molecule has 120 valence electrons. The smallest absolute Gasteiger partial charge is 0.161 e. The Morgan fingerprint density at radius 3 is 2.24 bits per heavy atom. The van der Waals surface area contributed by atoms with Gasteiger partial charge in [0.25, 0.3) is 0 Å².